The number of fused-ring (bicyclic) bond motifs is 1. The van der Waals surface area contributed by atoms with E-state index in [-0.39, 0.29) is 6.54 Å². The topological polar surface area (TPSA) is 106 Å². The van der Waals surface area contributed by atoms with Crippen molar-refractivity contribution in [3.63, 3.8) is 0 Å². The third-order valence-electron chi connectivity index (χ3n) is 3.05. The van der Waals surface area contributed by atoms with E-state index < -0.39 is 18.0 Å². The average molecular weight is 292 g/mol. The van der Waals surface area contributed by atoms with E-state index in [9.17, 15) is 14.7 Å². The van der Waals surface area contributed by atoms with Crippen molar-refractivity contribution in [2.24, 2.45) is 7.05 Å². The van der Waals surface area contributed by atoms with Crippen LogP contribution in [0.4, 0.5) is 0 Å². The highest BCUT2D eigenvalue weighted by Crippen LogP contribution is 2.16. The first-order valence-electron chi connectivity index (χ1n) is 6.27. The summed E-state index contributed by atoms with van der Waals surface area (Å²) in [6.07, 6.45) is 0.0271. The molecule has 2 heterocycles. The highest BCUT2D eigenvalue weighted by molar-refractivity contribution is 5.97. The van der Waals surface area contributed by atoms with Crippen LogP contribution in [0.3, 0.4) is 0 Å². The van der Waals surface area contributed by atoms with Crippen LogP contribution in [-0.4, -0.2) is 51.5 Å². The quantitative estimate of drug-likeness (QED) is 0.739. The van der Waals surface area contributed by atoms with Crippen LogP contribution < -0.4 is 5.32 Å². The summed E-state index contributed by atoms with van der Waals surface area (Å²) in [5, 5.41) is 16.9. The number of hydrogen-bond donors (Lipinski definition) is 2. The van der Waals surface area contributed by atoms with Crippen molar-refractivity contribution in [1.29, 1.82) is 0 Å². The summed E-state index contributed by atoms with van der Waals surface area (Å²) in [6.45, 7) is 1.60. The Balaban J connectivity index is 2.13. The van der Waals surface area contributed by atoms with E-state index in [2.05, 4.69) is 20.1 Å². The van der Waals surface area contributed by atoms with Gasteiger partial charge in [0, 0.05) is 18.6 Å². The van der Waals surface area contributed by atoms with Crippen LogP contribution in [-0.2, 0) is 16.6 Å². The number of pyridine rings is 1. The molecule has 8 nitrogen and oxygen atoms in total. The number of carbonyl (C=O) groups is 2. The van der Waals surface area contributed by atoms with Crippen molar-refractivity contribution in [2.75, 3.05) is 13.7 Å². The van der Waals surface area contributed by atoms with Crippen molar-refractivity contribution < 1.29 is 19.4 Å². The molecular weight excluding hydrogens is 276 g/mol. The second-order valence-electron chi connectivity index (χ2n) is 4.55. The molecule has 0 aliphatic heterocycles. The average Bonchev–Trinajstić information content (AvgIpc) is 2.77. The van der Waals surface area contributed by atoms with Gasteiger partial charge < -0.3 is 15.2 Å². The number of aromatic nitrogens is 3. The van der Waals surface area contributed by atoms with Gasteiger partial charge in [0.2, 0.25) is 0 Å². The number of aryl methyl sites for hydroxylation is 2. The van der Waals surface area contributed by atoms with Gasteiger partial charge in [-0.1, -0.05) is 0 Å². The van der Waals surface area contributed by atoms with Crippen molar-refractivity contribution in [2.45, 2.75) is 13.0 Å². The van der Waals surface area contributed by atoms with E-state index in [1.165, 1.54) is 6.20 Å². The van der Waals surface area contributed by atoms with Crippen LogP contribution in [0, 0.1) is 6.92 Å². The molecule has 2 aromatic rings. The largest absolute Gasteiger partial charge is 0.467 e. The van der Waals surface area contributed by atoms with Crippen LogP contribution in [0.1, 0.15) is 16.1 Å². The van der Waals surface area contributed by atoms with E-state index >= 15 is 0 Å². The van der Waals surface area contributed by atoms with E-state index in [0.717, 1.165) is 18.2 Å². The molecule has 1 atom stereocenters. The van der Waals surface area contributed by atoms with Crippen LogP contribution in [0.25, 0.3) is 11.0 Å². The van der Waals surface area contributed by atoms with Crippen LogP contribution >= 0.6 is 0 Å². The van der Waals surface area contributed by atoms with Crippen LogP contribution in [0.5, 0.6) is 0 Å². The molecule has 0 aromatic carbocycles. The lowest BCUT2D eigenvalue weighted by Crippen LogP contribution is -2.37. The first-order chi connectivity index (χ1) is 9.93. The monoisotopic (exact) mass is 292 g/mol. The molecular formula is C13H16N4O4. The molecule has 0 aliphatic rings. The Kier molecular flexibility index (Phi) is 4.18. The molecule has 0 fully saturated rings. The lowest BCUT2D eigenvalue weighted by Gasteiger charge is -2.09. The van der Waals surface area contributed by atoms with Crippen LogP contribution in [0.2, 0.25) is 0 Å². The normalized spacial score (nSPS) is 12.2. The van der Waals surface area contributed by atoms with Gasteiger partial charge in [-0.05, 0) is 13.0 Å². The molecule has 8 heteroatoms. The van der Waals surface area contributed by atoms with Crippen molar-refractivity contribution in [3.8, 4) is 0 Å². The fourth-order valence-electron chi connectivity index (χ4n) is 1.94. The predicted molar refractivity (Wildman–Crippen MR) is 73.6 cm³/mol. The summed E-state index contributed by atoms with van der Waals surface area (Å²) in [7, 11) is 2.94. The molecule has 2 aromatic heterocycles. The van der Waals surface area contributed by atoms with Crippen molar-refractivity contribution in [3.05, 3.63) is 23.5 Å². The molecule has 0 saturated heterocycles. The van der Waals surface area contributed by atoms with Crippen LogP contribution in [0.15, 0.2) is 12.3 Å². The number of amides is 1. The van der Waals surface area contributed by atoms with Crippen molar-refractivity contribution in [1.82, 2.24) is 20.1 Å². The number of esters is 1. The van der Waals surface area contributed by atoms with Gasteiger partial charge in [0.1, 0.15) is 0 Å². The standard InChI is InChI=1S/C13H16N4O4/c1-7-9-4-8(5-14-11(9)17(2)16-7)12(19)15-6-10(18)13(20)21-3/h4-5,10,18H,6H2,1-3H3,(H,15,19). The number of ether oxygens (including phenoxy) is 1. The molecule has 21 heavy (non-hydrogen) atoms. The Morgan fingerprint density at radius 3 is 2.90 bits per heavy atom. The zero-order valence-electron chi connectivity index (χ0n) is 12.0. The third-order valence-corrected chi connectivity index (χ3v) is 3.05. The third kappa shape index (κ3) is 3.00. The molecule has 2 N–H and O–H groups in total. The first kappa shape index (κ1) is 14.9. The lowest BCUT2D eigenvalue weighted by molar-refractivity contribution is -0.149. The minimum absolute atomic E-state index is 0.227. The SMILES string of the molecule is COC(=O)C(O)CNC(=O)c1cnc2c(c1)c(C)nn2C. The molecule has 0 aliphatic carbocycles. The second kappa shape index (κ2) is 5.88. The fourth-order valence-corrected chi connectivity index (χ4v) is 1.94. The molecule has 0 saturated carbocycles. The summed E-state index contributed by atoms with van der Waals surface area (Å²) in [5.41, 5.74) is 1.78. The number of rotatable bonds is 4. The zero-order chi connectivity index (χ0) is 15.6. The van der Waals surface area contributed by atoms with Gasteiger partial charge in [-0.15, -0.1) is 0 Å². The summed E-state index contributed by atoms with van der Waals surface area (Å²) in [6, 6.07) is 1.67. The molecule has 112 valence electrons. The van der Waals surface area contributed by atoms with Gasteiger partial charge in [0.15, 0.2) is 11.8 Å². The first-order valence-corrected chi connectivity index (χ1v) is 6.27. The van der Waals surface area contributed by atoms with Gasteiger partial charge in [0.05, 0.1) is 24.9 Å². The van der Waals surface area contributed by atoms with E-state index in [4.69, 9.17) is 0 Å². The van der Waals surface area contributed by atoms with E-state index in [1.807, 2.05) is 6.92 Å². The Morgan fingerprint density at radius 1 is 1.52 bits per heavy atom. The highest BCUT2D eigenvalue weighted by Gasteiger charge is 2.17. The number of aliphatic hydroxyl groups excluding tert-OH is 1. The van der Waals surface area contributed by atoms with E-state index in [0.29, 0.717) is 11.2 Å². The minimum Gasteiger partial charge on any atom is -0.467 e. The Labute approximate surface area is 120 Å². The van der Waals surface area contributed by atoms with Gasteiger partial charge in [-0.3, -0.25) is 9.48 Å². The summed E-state index contributed by atoms with van der Waals surface area (Å²) in [4.78, 5) is 27.2. The minimum atomic E-state index is -1.39. The molecule has 0 bridgehead atoms. The van der Waals surface area contributed by atoms with Gasteiger partial charge in [-0.2, -0.15) is 5.10 Å². The molecule has 2 rings (SSSR count). The van der Waals surface area contributed by atoms with Crippen molar-refractivity contribution >= 4 is 22.9 Å². The summed E-state index contributed by atoms with van der Waals surface area (Å²) < 4.78 is 5.99. The molecule has 1 unspecified atom stereocenters. The fraction of sp³-hybridized carbons (Fsp3) is 0.385. The van der Waals surface area contributed by atoms with Gasteiger partial charge in [-0.25, -0.2) is 9.78 Å². The molecule has 1 amide bonds. The number of aliphatic hydroxyl groups is 1. The Morgan fingerprint density at radius 2 is 2.24 bits per heavy atom. The predicted octanol–water partition coefficient (Wildman–Crippen LogP) is -0.460. The summed E-state index contributed by atoms with van der Waals surface area (Å²) >= 11 is 0. The smallest absolute Gasteiger partial charge is 0.336 e. The lowest BCUT2D eigenvalue weighted by atomic mass is 10.2. The van der Waals surface area contributed by atoms with Gasteiger partial charge in [0.25, 0.3) is 5.91 Å². The summed E-state index contributed by atoms with van der Waals surface area (Å²) in [5.74, 6) is -1.23. The number of nitrogens with one attached hydrogen (secondary N) is 1. The van der Waals surface area contributed by atoms with E-state index in [1.54, 1.807) is 17.8 Å². The van der Waals surface area contributed by atoms with Gasteiger partial charge >= 0.3 is 5.97 Å². The number of hydrogen-bond acceptors (Lipinski definition) is 6. The molecule has 0 spiro atoms. The second-order valence-corrected chi connectivity index (χ2v) is 4.55. The number of carbonyl (C=O) groups excluding carboxylic acids is 2. The highest BCUT2D eigenvalue weighted by atomic mass is 16.5. The maximum Gasteiger partial charge on any atom is 0.336 e. The molecule has 0 radical (unpaired) electrons. The Bertz CT molecular complexity index is 695. The maximum absolute atomic E-state index is 12.0. The zero-order valence-corrected chi connectivity index (χ0v) is 12.0. The maximum atomic E-state index is 12.0. The Hall–Kier alpha value is -2.48. The number of methoxy groups -OCH3 is 1. The number of nitrogens with zero attached hydrogens (tertiary/aromatic N) is 3.